The topological polar surface area (TPSA) is 119 Å². The Balaban J connectivity index is 1.16. The second kappa shape index (κ2) is 8.70. The molecule has 0 aliphatic carbocycles. The standard InChI is InChI=1S/C26H24N6O4S/c1-16-13-17(2)32(29-16)23-8-9-24(28-27-23)36-21-6-4-20(5-7-21)30-37(34,35)22-14-18-3-10-25(33)31-12-11-19(15-22)26(18)31/h4-9,13-15,30H,3,10-12H2,1-2H3. The Morgan fingerprint density at radius 2 is 1.68 bits per heavy atom. The number of sulfonamides is 1. The summed E-state index contributed by atoms with van der Waals surface area (Å²) in [5.41, 5.74) is 4.95. The molecule has 2 aromatic carbocycles. The maximum Gasteiger partial charge on any atom is 0.261 e. The molecule has 2 aliphatic heterocycles. The zero-order valence-corrected chi connectivity index (χ0v) is 21.1. The third-order valence-electron chi connectivity index (χ3n) is 6.52. The van der Waals surface area contributed by atoms with E-state index in [1.54, 1.807) is 58.1 Å². The van der Waals surface area contributed by atoms with Crippen LogP contribution in [-0.4, -0.2) is 40.8 Å². The minimum atomic E-state index is -3.80. The molecule has 11 heteroatoms. The van der Waals surface area contributed by atoms with Crippen molar-refractivity contribution >= 4 is 27.3 Å². The molecule has 0 radical (unpaired) electrons. The number of nitrogens with zero attached hydrogens (tertiary/aromatic N) is 5. The molecule has 1 amide bonds. The number of hydrogen-bond donors (Lipinski definition) is 1. The van der Waals surface area contributed by atoms with Crippen LogP contribution in [0.15, 0.2) is 59.5 Å². The first-order chi connectivity index (χ1) is 17.8. The lowest BCUT2D eigenvalue weighted by Gasteiger charge is -2.25. The summed E-state index contributed by atoms with van der Waals surface area (Å²) < 4.78 is 36.4. The van der Waals surface area contributed by atoms with Crippen molar-refractivity contribution in [3.63, 3.8) is 0 Å². The molecule has 4 heterocycles. The van der Waals surface area contributed by atoms with Crippen LogP contribution in [0.5, 0.6) is 11.6 Å². The maximum absolute atomic E-state index is 13.1. The Labute approximate surface area is 214 Å². The predicted molar refractivity (Wildman–Crippen MR) is 137 cm³/mol. The van der Waals surface area contributed by atoms with Crippen molar-refractivity contribution in [3.8, 4) is 17.4 Å². The fraction of sp³-hybridized carbons (Fsp3) is 0.231. The first kappa shape index (κ1) is 23.2. The number of hydrogen-bond acceptors (Lipinski definition) is 7. The summed E-state index contributed by atoms with van der Waals surface area (Å²) in [6.07, 6.45) is 1.62. The number of aromatic nitrogens is 4. The van der Waals surface area contributed by atoms with E-state index < -0.39 is 10.0 Å². The summed E-state index contributed by atoms with van der Waals surface area (Å²) in [6, 6.07) is 15.3. The molecule has 37 heavy (non-hydrogen) atoms. The number of ether oxygens (including phenoxy) is 1. The summed E-state index contributed by atoms with van der Waals surface area (Å²) in [5, 5.41) is 12.7. The first-order valence-electron chi connectivity index (χ1n) is 11.9. The maximum atomic E-state index is 13.1. The third kappa shape index (κ3) is 4.31. The molecule has 0 saturated heterocycles. The minimum absolute atomic E-state index is 0.104. The zero-order valence-electron chi connectivity index (χ0n) is 20.3. The summed E-state index contributed by atoms with van der Waals surface area (Å²) in [5.74, 6) is 1.48. The van der Waals surface area contributed by atoms with Gasteiger partial charge in [0, 0.05) is 30.4 Å². The Morgan fingerprint density at radius 3 is 2.35 bits per heavy atom. The Hall–Kier alpha value is -4.25. The summed E-state index contributed by atoms with van der Waals surface area (Å²) in [4.78, 5) is 14.1. The average molecular weight is 517 g/mol. The van der Waals surface area contributed by atoms with Gasteiger partial charge in [0.05, 0.1) is 16.3 Å². The van der Waals surface area contributed by atoms with E-state index in [0.717, 1.165) is 28.2 Å². The number of carbonyl (C=O) groups excluding carboxylic acids is 1. The van der Waals surface area contributed by atoms with Gasteiger partial charge in [0.25, 0.3) is 10.0 Å². The summed E-state index contributed by atoms with van der Waals surface area (Å²) >= 11 is 0. The van der Waals surface area contributed by atoms with Crippen LogP contribution in [0.2, 0.25) is 0 Å². The molecule has 6 rings (SSSR count). The van der Waals surface area contributed by atoms with Crippen molar-refractivity contribution in [1.29, 1.82) is 0 Å². The average Bonchev–Trinajstić information content (AvgIpc) is 3.46. The molecule has 10 nitrogen and oxygen atoms in total. The SMILES string of the molecule is Cc1cc(C)n(-c2ccc(Oc3ccc(NS(=O)(=O)c4cc5c6c(c4)CCN6C(=O)CC5)cc3)nn2)n1. The highest BCUT2D eigenvalue weighted by Gasteiger charge is 2.33. The second-order valence-electron chi connectivity index (χ2n) is 9.19. The highest BCUT2D eigenvalue weighted by atomic mass is 32.2. The van der Waals surface area contributed by atoms with Crippen LogP contribution in [0, 0.1) is 13.8 Å². The molecule has 0 atom stereocenters. The monoisotopic (exact) mass is 516 g/mol. The fourth-order valence-electron chi connectivity index (χ4n) is 4.85. The van der Waals surface area contributed by atoms with Gasteiger partial charge < -0.3 is 9.64 Å². The third-order valence-corrected chi connectivity index (χ3v) is 7.88. The van der Waals surface area contributed by atoms with Crippen LogP contribution in [0.25, 0.3) is 5.82 Å². The van der Waals surface area contributed by atoms with Gasteiger partial charge in [0.15, 0.2) is 5.82 Å². The number of anilines is 2. The van der Waals surface area contributed by atoms with Gasteiger partial charge >= 0.3 is 0 Å². The number of aryl methyl sites for hydroxylation is 3. The van der Waals surface area contributed by atoms with E-state index in [2.05, 4.69) is 20.0 Å². The van der Waals surface area contributed by atoms with Crippen molar-refractivity contribution in [1.82, 2.24) is 20.0 Å². The smallest absolute Gasteiger partial charge is 0.261 e. The van der Waals surface area contributed by atoms with Gasteiger partial charge in [-0.2, -0.15) is 5.10 Å². The number of nitrogens with one attached hydrogen (secondary N) is 1. The molecule has 2 aromatic heterocycles. The van der Waals surface area contributed by atoms with Crippen molar-refractivity contribution in [2.45, 2.75) is 38.0 Å². The quantitative estimate of drug-likeness (QED) is 0.415. The number of carbonyl (C=O) groups is 1. The van der Waals surface area contributed by atoms with Crippen LogP contribution >= 0.6 is 0 Å². The van der Waals surface area contributed by atoms with E-state index in [-0.39, 0.29) is 10.8 Å². The summed E-state index contributed by atoms with van der Waals surface area (Å²) in [7, 11) is -3.80. The highest BCUT2D eigenvalue weighted by molar-refractivity contribution is 7.92. The highest BCUT2D eigenvalue weighted by Crippen LogP contribution is 2.38. The largest absolute Gasteiger partial charge is 0.438 e. The van der Waals surface area contributed by atoms with Gasteiger partial charge in [-0.15, -0.1) is 10.2 Å². The van der Waals surface area contributed by atoms with E-state index in [1.807, 2.05) is 19.9 Å². The Bertz CT molecular complexity index is 1630. The molecule has 0 unspecified atom stereocenters. The molecular formula is C26H24N6O4S. The number of rotatable bonds is 6. The second-order valence-corrected chi connectivity index (χ2v) is 10.9. The van der Waals surface area contributed by atoms with Crippen molar-refractivity contribution in [2.75, 3.05) is 16.2 Å². The lowest BCUT2D eigenvalue weighted by atomic mass is 10.00. The molecular weight excluding hydrogens is 492 g/mol. The van der Waals surface area contributed by atoms with Crippen molar-refractivity contribution < 1.29 is 17.9 Å². The summed E-state index contributed by atoms with van der Waals surface area (Å²) in [6.45, 7) is 4.46. The molecule has 188 valence electrons. The molecule has 1 N–H and O–H groups in total. The molecule has 0 fully saturated rings. The Morgan fingerprint density at radius 1 is 0.919 bits per heavy atom. The van der Waals surface area contributed by atoms with E-state index in [1.165, 1.54) is 0 Å². The Kier molecular flexibility index (Phi) is 5.45. The van der Waals surface area contributed by atoms with Crippen LogP contribution in [0.3, 0.4) is 0 Å². The fourth-order valence-corrected chi connectivity index (χ4v) is 6.01. The van der Waals surface area contributed by atoms with Gasteiger partial charge in [0.1, 0.15) is 5.75 Å². The van der Waals surface area contributed by atoms with Gasteiger partial charge in [-0.25, -0.2) is 13.1 Å². The van der Waals surface area contributed by atoms with Gasteiger partial charge in [0.2, 0.25) is 11.8 Å². The van der Waals surface area contributed by atoms with Crippen LogP contribution < -0.4 is 14.4 Å². The lowest BCUT2D eigenvalue weighted by molar-refractivity contribution is -0.118. The first-order valence-corrected chi connectivity index (χ1v) is 13.4. The number of benzene rings is 2. The molecule has 4 aromatic rings. The van der Waals surface area contributed by atoms with E-state index in [9.17, 15) is 13.2 Å². The molecule has 0 saturated carbocycles. The van der Waals surface area contributed by atoms with Gasteiger partial charge in [-0.05, 0) is 86.3 Å². The van der Waals surface area contributed by atoms with Gasteiger partial charge in [-0.3, -0.25) is 9.52 Å². The van der Waals surface area contributed by atoms with E-state index in [0.29, 0.717) is 48.9 Å². The number of amides is 1. The van der Waals surface area contributed by atoms with Crippen molar-refractivity contribution in [3.05, 3.63) is 77.1 Å². The molecule has 0 spiro atoms. The van der Waals surface area contributed by atoms with Crippen LogP contribution in [0.1, 0.15) is 28.9 Å². The predicted octanol–water partition coefficient (Wildman–Crippen LogP) is 3.71. The van der Waals surface area contributed by atoms with Gasteiger partial charge in [-0.1, -0.05) is 0 Å². The minimum Gasteiger partial charge on any atom is -0.438 e. The van der Waals surface area contributed by atoms with Crippen LogP contribution in [0.4, 0.5) is 11.4 Å². The normalized spacial score (nSPS) is 14.5. The molecule has 0 bridgehead atoms. The molecule has 2 aliphatic rings. The zero-order chi connectivity index (χ0) is 25.7. The van der Waals surface area contributed by atoms with E-state index >= 15 is 0 Å². The van der Waals surface area contributed by atoms with E-state index in [4.69, 9.17) is 4.74 Å². The van der Waals surface area contributed by atoms with Crippen molar-refractivity contribution in [2.24, 2.45) is 0 Å². The van der Waals surface area contributed by atoms with Crippen LogP contribution in [-0.2, 0) is 27.7 Å². The lowest BCUT2D eigenvalue weighted by Crippen LogP contribution is -2.33.